The number of hydrogen-bond donors (Lipinski definition) is 2. The molecule has 2 aromatic carbocycles. The molecule has 1 aliphatic rings. The van der Waals surface area contributed by atoms with Gasteiger partial charge in [0.1, 0.15) is 5.82 Å². The van der Waals surface area contributed by atoms with Crippen molar-refractivity contribution < 1.29 is 4.39 Å². The molecule has 1 saturated carbocycles. The maximum absolute atomic E-state index is 13.7. The largest absolute Gasteiger partial charge is 0.271 e. The quantitative estimate of drug-likeness (QED) is 0.659. The average molecular weight is 270 g/mol. The van der Waals surface area contributed by atoms with Gasteiger partial charge in [0.05, 0.1) is 0 Å². The number of halogens is 1. The molecule has 0 radical (unpaired) electrons. The van der Waals surface area contributed by atoms with Crippen LogP contribution in [0.3, 0.4) is 0 Å². The Kier molecular flexibility index (Phi) is 3.55. The minimum absolute atomic E-state index is 0.00954. The zero-order chi connectivity index (χ0) is 14.1. The third kappa shape index (κ3) is 2.47. The highest BCUT2D eigenvalue weighted by atomic mass is 19.1. The van der Waals surface area contributed by atoms with E-state index in [-0.39, 0.29) is 11.9 Å². The lowest BCUT2D eigenvalue weighted by Gasteiger charge is -2.17. The molecule has 0 bridgehead atoms. The Morgan fingerprint density at radius 1 is 1.20 bits per heavy atom. The van der Waals surface area contributed by atoms with Gasteiger partial charge in [-0.2, -0.15) is 0 Å². The van der Waals surface area contributed by atoms with E-state index in [1.165, 1.54) is 5.56 Å². The molecule has 2 nitrogen and oxygen atoms in total. The highest BCUT2D eigenvalue weighted by Crippen LogP contribution is 2.53. The van der Waals surface area contributed by atoms with E-state index < -0.39 is 0 Å². The van der Waals surface area contributed by atoms with Crippen LogP contribution in [0.4, 0.5) is 4.39 Å². The Hall–Kier alpha value is -1.71. The van der Waals surface area contributed by atoms with Gasteiger partial charge in [-0.25, -0.2) is 4.39 Å². The molecule has 104 valence electrons. The molecule has 0 spiro atoms. The van der Waals surface area contributed by atoms with Gasteiger partial charge >= 0.3 is 0 Å². The number of hydrogen-bond acceptors (Lipinski definition) is 2. The Balaban J connectivity index is 1.80. The van der Waals surface area contributed by atoms with E-state index in [0.717, 1.165) is 12.0 Å². The first kappa shape index (κ1) is 13.3. The fourth-order valence-electron chi connectivity index (χ4n) is 2.94. The van der Waals surface area contributed by atoms with Crippen LogP contribution in [0.1, 0.15) is 35.1 Å². The summed E-state index contributed by atoms with van der Waals surface area (Å²) in [7, 11) is 0. The molecule has 0 aliphatic heterocycles. The molecule has 1 aliphatic carbocycles. The predicted molar refractivity (Wildman–Crippen MR) is 78.5 cm³/mol. The second-order valence-electron chi connectivity index (χ2n) is 5.57. The third-order valence-corrected chi connectivity index (χ3v) is 4.23. The summed E-state index contributed by atoms with van der Waals surface area (Å²) in [6.07, 6.45) is 1.09. The molecular weight excluding hydrogens is 251 g/mol. The summed E-state index contributed by atoms with van der Waals surface area (Å²) in [6, 6.07) is 15.8. The first-order valence-corrected chi connectivity index (χ1v) is 6.98. The van der Waals surface area contributed by atoms with Crippen molar-refractivity contribution >= 4 is 0 Å². The molecule has 2 aromatic rings. The van der Waals surface area contributed by atoms with Crippen LogP contribution >= 0.6 is 0 Å². The van der Waals surface area contributed by atoms with Crippen LogP contribution in [0.2, 0.25) is 0 Å². The molecule has 0 saturated heterocycles. The highest BCUT2D eigenvalue weighted by Gasteiger charge is 2.44. The topological polar surface area (TPSA) is 38.0 Å². The number of hydrazine groups is 1. The molecule has 0 aromatic heterocycles. The molecule has 3 unspecified atom stereocenters. The minimum atomic E-state index is -0.167. The zero-order valence-corrected chi connectivity index (χ0v) is 11.5. The van der Waals surface area contributed by atoms with E-state index in [9.17, 15) is 4.39 Å². The molecule has 3 heteroatoms. The Morgan fingerprint density at radius 2 is 1.95 bits per heavy atom. The Morgan fingerprint density at radius 3 is 2.60 bits per heavy atom. The number of rotatable bonds is 4. The molecule has 0 amide bonds. The summed E-state index contributed by atoms with van der Waals surface area (Å²) in [5, 5.41) is 0. The number of aryl methyl sites for hydroxylation is 1. The highest BCUT2D eigenvalue weighted by molar-refractivity contribution is 5.32. The lowest BCUT2D eigenvalue weighted by Crippen LogP contribution is -2.30. The van der Waals surface area contributed by atoms with Crippen molar-refractivity contribution in [1.82, 2.24) is 5.43 Å². The lowest BCUT2D eigenvalue weighted by atomic mass is 9.98. The van der Waals surface area contributed by atoms with Crippen molar-refractivity contribution in [3.63, 3.8) is 0 Å². The lowest BCUT2D eigenvalue weighted by molar-refractivity contribution is 0.483. The van der Waals surface area contributed by atoms with Crippen LogP contribution in [-0.2, 0) is 0 Å². The van der Waals surface area contributed by atoms with Crippen LogP contribution in [0.15, 0.2) is 48.5 Å². The van der Waals surface area contributed by atoms with Crippen molar-refractivity contribution in [2.75, 3.05) is 0 Å². The first-order chi connectivity index (χ1) is 9.70. The van der Waals surface area contributed by atoms with Crippen LogP contribution < -0.4 is 11.3 Å². The van der Waals surface area contributed by atoms with Gasteiger partial charge in [0.2, 0.25) is 0 Å². The van der Waals surface area contributed by atoms with Gasteiger partial charge in [0, 0.05) is 6.04 Å². The molecular formula is C17H19FN2. The van der Waals surface area contributed by atoms with Crippen molar-refractivity contribution in [2.45, 2.75) is 25.3 Å². The summed E-state index contributed by atoms with van der Waals surface area (Å²) in [6.45, 7) is 1.77. The first-order valence-electron chi connectivity index (χ1n) is 6.98. The maximum Gasteiger partial charge on any atom is 0.126 e. The van der Waals surface area contributed by atoms with Gasteiger partial charge in [-0.3, -0.25) is 11.3 Å². The molecule has 0 heterocycles. The van der Waals surface area contributed by atoms with Crippen LogP contribution in [0.5, 0.6) is 0 Å². The summed E-state index contributed by atoms with van der Waals surface area (Å²) in [4.78, 5) is 0. The fraction of sp³-hybridized carbons (Fsp3) is 0.294. The van der Waals surface area contributed by atoms with E-state index in [0.29, 0.717) is 17.4 Å². The van der Waals surface area contributed by atoms with Gasteiger partial charge in [-0.1, -0.05) is 42.5 Å². The van der Waals surface area contributed by atoms with Gasteiger partial charge in [0.15, 0.2) is 0 Å². The van der Waals surface area contributed by atoms with E-state index >= 15 is 0 Å². The van der Waals surface area contributed by atoms with Crippen LogP contribution in [-0.4, -0.2) is 0 Å². The van der Waals surface area contributed by atoms with Gasteiger partial charge < -0.3 is 0 Å². The van der Waals surface area contributed by atoms with Crippen molar-refractivity contribution in [1.29, 1.82) is 0 Å². The van der Waals surface area contributed by atoms with E-state index in [1.54, 1.807) is 13.0 Å². The standard InChI is InChI=1S/C17H19FN2/c1-11-7-8-13(9-16(11)18)17(20-19)15-10-14(15)12-5-3-2-4-6-12/h2-9,14-15,17,20H,10,19H2,1H3. The number of nitrogens with one attached hydrogen (secondary N) is 1. The number of benzene rings is 2. The smallest absolute Gasteiger partial charge is 0.126 e. The zero-order valence-electron chi connectivity index (χ0n) is 11.5. The SMILES string of the molecule is Cc1ccc(C(NN)C2CC2c2ccccc2)cc1F. The monoisotopic (exact) mass is 270 g/mol. The summed E-state index contributed by atoms with van der Waals surface area (Å²) < 4.78 is 13.7. The molecule has 3 N–H and O–H groups in total. The average Bonchev–Trinajstić information content (AvgIpc) is 3.25. The number of nitrogens with two attached hydrogens (primary N) is 1. The molecule has 3 atom stereocenters. The molecule has 3 rings (SSSR count). The van der Waals surface area contributed by atoms with E-state index in [1.807, 2.05) is 18.2 Å². The Bertz CT molecular complexity index is 597. The Labute approximate surface area is 118 Å². The maximum atomic E-state index is 13.7. The second kappa shape index (κ2) is 5.35. The van der Waals surface area contributed by atoms with Crippen LogP contribution in [0, 0.1) is 18.7 Å². The fourth-order valence-corrected chi connectivity index (χ4v) is 2.94. The summed E-state index contributed by atoms with van der Waals surface area (Å²) in [5.74, 6) is 6.48. The van der Waals surface area contributed by atoms with E-state index in [2.05, 4.69) is 29.7 Å². The van der Waals surface area contributed by atoms with E-state index in [4.69, 9.17) is 5.84 Å². The van der Waals surface area contributed by atoms with Crippen molar-refractivity contribution in [3.8, 4) is 0 Å². The van der Waals surface area contributed by atoms with Gasteiger partial charge in [-0.05, 0) is 47.9 Å². The van der Waals surface area contributed by atoms with Gasteiger partial charge in [0.25, 0.3) is 0 Å². The van der Waals surface area contributed by atoms with Crippen molar-refractivity contribution in [2.24, 2.45) is 11.8 Å². The normalized spacial score (nSPS) is 22.6. The third-order valence-electron chi connectivity index (χ3n) is 4.23. The second-order valence-corrected chi connectivity index (χ2v) is 5.57. The minimum Gasteiger partial charge on any atom is -0.271 e. The molecule has 1 fully saturated rings. The van der Waals surface area contributed by atoms with Crippen molar-refractivity contribution in [3.05, 3.63) is 71.0 Å². The predicted octanol–water partition coefficient (Wildman–Crippen LogP) is 3.44. The summed E-state index contributed by atoms with van der Waals surface area (Å²) >= 11 is 0. The van der Waals surface area contributed by atoms with Gasteiger partial charge in [-0.15, -0.1) is 0 Å². The van der Waals surface area contributed by atoms with Crippen LogP contribution in [0.25, 0.3) is 0 Å². The summed E-state index contributed by atoms with van der Waals surface area (Å²) in [5.41, 5.74) is 5.79. The molecule has 20 heavy (non-hydrogen) atoms.